The molecule has 0 spiro atoms. The van der Waals surface area contributed by atoms with Gasteiger partial charge in [-0.25, -0.2) is 9.97 Å². The van der Waals surface area contributed by atoms with Crippen molar-refractivity contribution < 1.29 is 22.8 Å². The summed E-state index contributed by atoms with van der Waals surface area (Å²) in [6.07, 6.45) is -0.144. The third kappa shape index (κ3) is 5.73. The summed E-state index contributed by atoms with van der Waals surface area (Å²) in [5, 5.41) is 6.07. The first-order chi connectivity index (χ1) is 19.2. The van der Waals surface area contributed by atoms with E-state index in [2.05, 4.69) is 27.2 Å². The molecule has 0 radical (unpaired) electrons. The number of halogens is 3. The van der Waals surface area contributed by atoms with Gasteiger partial charge in [-0.1, -0.05) is 36.9 Å². The minimum Gasteiger partial charge on any atom is -0.323 e. The topological polar surface area (TPSA) is 84.0 Å². The summed E-state index contributed by atoms with van der Waals surface area (Å²) in [5.74, 6) is -0.855. The molecule has 5 rings (SSSR count). The van der Waals surface area contributed by atoms with Gasteiger partial charge in [0.15, 0.2) is 0 Å². The maximum Gasteiger partial charge on any atom is 0.416 e. The summed E-state index contributed by atoms with van der Waals surface area (Å²) in [5.41, 5.74) is 4.10. The Bertz CT molecular complexity index is 1750. The average molecular weight is 539 g/mol. The average Bonchev–Trinajstić information content (AvgIpc) is 2.96. The first-order valence-electron chi connectivity index (χ1n) is 12.1. The van der Waals surface area contributed by atoms with Crippen molar-refractivity contribution in [2.75, 3.05) is 10.6 Å². The third-order valence-electron chi connectivity index (χ3n) is 6.16. The number of carbonyl (C=O) groups excluding carboxylic acids is 2. The number of hydrogen-bond donors (Lipinski definition) is 2. The van der Waals surface area contributed by atoms with Crippen LogP contribution < -0.4 is 10.6 Å². The Morgan fingerprint density at radius 2 is 1.52 bits per heavy atom. The highest BCUT2D eigenvalue weighted by Crippen LogP contribution is 2.34. The number of benzene rings is 4. The molecule has 9 heteroatoms. The zero-order chi connectivity index (χ0) is 28.3. The number of anilines is 2. The molecule has 0 fully saturated rings. The van der Waals surface area contributed by atoms with Crippen molar-refractivity contribution in [3.8, 4) is 22.3 Å². The quantitative estimate of drug-likeness (QED) is 0.221. The molecule has 0 aliphatic carbocycles. The Kier molecular flexibility index (Phi) is 7.11. The molecule has 0 aliphatic heterocycles. The number of rotatable bonds is 6. The van der Waals surface area contributed by atoms with E-state index < -0.39 is 17.6 Å². The zero-order valence-corrected chi connectivity index (χ0v) is 20.9. The van der Waals surface area contributed by atoms with Gasteiger partial charge in [0.2, 0.25) is 5.91 Å². The molecule has 0 atom stereocenters. The van der Waals surface area contributed by atoms with Crippen molar-refractivity contribution in [3.05, 3.63) is 121 Å². The lowest BCUT2D eigenvalue weighted by atomic mass is 9.95. The molecule has 1 heterocycles. The fourth-order valence-electron chi connectivity index (χ4n) is 4.24. The monoisotopic (exact) mass is 538 g/mol. The van der Waals surface area contributed by atoms with Crippen LogP contribution in [0.5, 0.6) is 0 Å². The van der Waals surface area contributed by atoms with Gasteiger partial charge in [0, 0.05) is 34.1 Å². The number of nitrogens with zero attached hydrogens (tertiary/aromatic N) is 2. The minimum absolute atomic E-state index is 0.0505. The Morgan fingerprint density at radius 3 is 2.25 bits per heavy atom. The Hall–Kier alpha value is -5.31. The summed E-state index contributed by atoms with van der Waals surface area (Å²) in [4.78, 5) is 33.1. The number of hydrogen-bond acceptors (Lipinski definition) is 4. The van der Waals surface area contributed by atoms with Gasteiger partial charge in [0.1, 0.15) is 6.33 Å². The van der Waals surface area contributed by atoms with Crippen LogP contribution in [-0.2, 0) is 11.0 Å². The van der Waals surface area contributed by atoms with Crippen molar-refractivity contribution in [2.24, 2.45) is 0 Å². The second-order valence-electron chi connectivity index (χ2n) is 8.87. The van der Waals surface area contributed by atoms with Gasteiger partial charge in [-0.05, 0) is 77.4 Å². The second-order valence-corrected chi connectivity index (χ2v) is 8.87. The summed E-state index contributed by atoms with van der Waals surface area (Å²) in [6, 6.07) is 22.4. The van der Waals surface area contributed by atoms with Crippen LogP contribution in [0.4, 0.5) is 24.5 Å². The fourth-order valence-corrected chi connectivity index (χ4v) is 4.24. The molecular weight excluding hydrogens is 517 g/mol. The normalized spacial score (nSPS) is 11.2. The van der Waals surface area contributed by atoms with E-state index in [0.717, 1.165) is 45.3 Å². The maximum atomic E-state index is 13.0. The van der Waals surface area contributed by atoms with E-state index in [-0.39, 0.29) is 17.2 Å². The number of nitrogens with one attached hydrogen (secondary N) is 2. The van der Waals surface area contributed by atoms with E-state index in [0.29, 0.717) is 5.69 Å². The zero-order valence-electron chi connectivity index (χ0n) is 20.9. The van der Waals surface area contributed by atoms with Crippen LogP contribution in [0.1, 0.15) is 15.9 Å². The Labute approximate surface area is 227 Å². The minimum atomic E-state index is -4.51. The van der Waals surface area contributed by atoms with Crippen molar-refractivity contribution in [2.45, 2.75) is 6.18 Å². The third-order valence-corrected chi connectivity index (χ3v) is 6.16. The first kappa shape index (κ1) is 26.3. The molecule has 198 valence electrons. The highest BCUT2D eigenvalue weighted by atomic mass is 19.4. The molecule has 0 saturated carbocycles. The van der Waals surface area contributed by atoms with Crippen molar-refractivity contribution >= 4 is 34.1 Å². The predicted octanol–water partition coefficient (Wildman–Crippen LogP) is 7.36. The molecule has 5 aromatic rings. The molecule has 0 aliphatic rings. The summed E-state index contributed by atoms with van der Waals surface area (Å²) >= 11 is 0. The number of alkyl halides is 3. The lowest BCUT2D eigenvalue weighted by molar-refractivity contribution is -0.137. The number of aromatic nitrogens is 2. The van der Waals surface area contributed by atoms with Gasteiger partial charge in [0.25, 0.3) is 5.91 Å². The SMILES string of the molecule is C=CC(=O)Nc1cccc(-c2cc(-c3ccc(C(=O)Nc4cccc(C(F)(F)F)c4)cc3)cc3cncnc23)c1. The lowest BCUT2D eigenvalue weighted by Gasteiger charge is -2.12. The van der Waals surface area contributed by atoms with Crippen LogP contribution in [0, 0.1) is 0 Å². The molecule has 0 saturated heterocycles. The molecule has 4 aromatic carbocycles. The van der Waals surface area contributed by atoms with Crippen LogP contribution in [-0.4, -0.2) is 21.8 Å². The van der Waals surface area contributed by atoms with Gasteiger partial charge in [-0.3, -0.25) is 9.59 Å². The molecule has 6 nitrogen and oxygen atoms in total. The van der Waals surface area contributed by atoms with Gasteiger partial charge in [0.05, 0.1) is 11.1 Å². The first-order valence-corrected chi connectivity index (χ1v) is 12.1. The molecular formula is C31H21F3N4O2. The van der Waals surface area contributed by atoms with Crippen LogP contribution in [0.15, 0.2) is 110 Å². The van der Waals surface area contributed by atoms with Gasteiger partial charge >= 0.3 is 6.18 Å². The fraction of sp³-hybridized carbons (Fsp3) is 0.0323. The maximum absolute atomic E-state index is 13.0. The van der Waals surface area contributed by atoms with Gasteiger partial charge in [-0.2, -0.15) is 13.2 Å². The van der Waals surface area contributed by atoms with E-state index in [1.54, 1.807) is 36.5 Å². The number of fused-ring (bicyclic) bond motifs is 1. The van der Waals surface area contributed by atoms with Gasteiger partial charge < -0.3 is 10.6 Å². The van der Waals surface area contributed by atoms with Crippen LogP contribution in [0.25, 0.3) is 33.2 Å². The Morgan fingerprint density at radius 1 is 0.800 bits per heavy atom. The molecule has 2 amide bonds. The van der Waals surface area contributed by atoms with Gasteiger partial charge in [-0.15, -0.1) is 0 Å². The molecule has 40 heavy (non-hydrogen) atoms. The van der Waals surface area contributed by atoms with Crippen LogP contribution >= 0.6 is 0 Å². The standard InChI is InChI=1S/C31H21F3N4O2/c1-2-28(39)37-25-7-3-5-21(14-25)27-15-22(13-23-17-35-18-36-29(23)27)19-9-11-20(12-10-19)30(40)38-26-8-4-6-24(16-26)31(32,33)34/h2-18H,1H2,(H,37,39)(H,38,40). The smallest absolute Gasteiger partial charge is 0.323 e. The molecule has 0 bridgehead atoms. The summed E-state index contributed by atoms with van der Waals surface area (Å²) in [7, 11) is 0. The molecule has 2 N–H and O–H groups in total. The lowest BCUT2D eigenvalue weighted by Crippen LogP contribution is -2.13. The van der Waals surface area contributed by atoms with Crippen LogP contribution in [0.3, 0.4) is 0 Å². The highest BCUT2D eigenvalue weighted by Gasteiger charge is 2.30. The summed E-state index contributed by atoms with van der Waals surface area (Å²) < 4.78 is 39.0. The number of amides is 2. The van der Waals surface area contributed by atoms with E-state index in [1.807, 2.05) is 30.3 Å². The van der Waals surface area contributed by atoms with E-state index in [9.17, 15) is 22.8 Å². The van der Waals surface area contributed by atoms with Crippen LogP contribution in [0.2, 0.25) is 0 Å². The van der Waals surface area contributed by atoms with E-state index in [4.69, 9.17) is 0 Å². The van der Waals surface area contributed by atoms with Crippen molar-refractivity contribution in [1.29, 1.82) is 0 Å². The predicted molar refractivity (Wildman–Crippen MR) is 149 cm³/mol. The summed E-state index contributed by atoms with van der Waals surface area (Å²) in [6.45, 7) is 3.48. The van der Waals surface area contributed by atoms with Crippen molar-refractivity contribution in [3.63, 3.8) is 0 Å². The second kappa shape index (κ2) is 10.8. The molecule has 0 unspecified atom stereocenters. The largest absolute Gasteiger partial charge is 0.416 e. The van der Waals surface area contributed by atoms with E-state index >= 15 is 0 Å². The highest BCUT2D eigenvalue weighted by molar-refractivity contribution is 6.05. The Balaban J connectivity index is 1.45. The van der Waals surface area contributed by atoms with Crippen molar-refractivity contribution in [1.82, 2.24) is 9.97 Å². The van der Waals surface area contributed by atoms with E-state index in [1.165, 1.54) is 24.5 Å². The molecule has 1 aromatic heterocycles. The number of carbonyl (C=O) groups is 2.